The maximum absolute atomic E-state index is 14.6. The first kappa shape index (κ1) is 26.5. The van der Waals surface area contributed by atoms with Crippen molar-refractivity contribution in [1.29, 1.82) is 0 Å². The monoisotopic (exact) mass is 482 g/mol. The highest BCUT2D eigenvalue weighted by atomic mass is 19.1. The summed E-state index contributed by atoms with van der Waals surface area (Å²) in [5.41, 5.74) is 6.15. The number of rotatable bonds is 11. The van der Waals surface area contributed by atoms with Gasteiger partial charge in [0.15, 0.2) is 0 Å². The Balaban J connectivity index is 1.66. The highest BCUT2D eigenvalue weighted by Gasteiger charge is 2.24. The van der Waals surface area contributed by atoms with E-state index in [0.29, 0.717) is 31.5 Å². The largest absolute Gasteiger partial charge is 0.377 e. The molecule has 0 radical (unpaired) electrons. The van der Waals surface area contributed by atoms with E-state index >= 15 is 0 Å². The van der Waals surface area contributed by atoms with Crippen molar-refractivity contribution in [2.75, 3.05) is 20.7 Å². The molecule has 3 rings (SSSR count). The van der Waals surface area contributed by atoms with Crippen molar-refractivity contribution >= 4 is 5.91 Å². The molecule has 3 aromatic carbocycles. The van der Waals surface area contributed by atoms with Crippen LogP contribution in [0.15, 0.2) is 66.7 Å². The molecule has 5 nitrogen and oxygen atoms in total. The number of benzene rings is 3. The van der Waals surface area contributed by atoms with Crippen molar-refractivity contribution in [3.63, 3.8) is 0 Å². The second kappa shape index (κ2) is 12.5. The molecule has 0 fully saturated rings. The molecule has 0 aliphatic heterocycles. The number of aryl methyl sites for hydroxylation is 1. The minimum atomic E-state index is -0.555. The zero-order chi connectivity index (χ0) is 25.4. The van der Waals surface area contributed by atoms with Crippen molar-refractivity contribution < 1.29 is 23.5 Å². The summed E-state index contributed by atoms with van der Waals surface area (Å²) in [7, 11) is 3.39. The van der Waals surface area contributed by atoms with E-state index in [1.54, 1.807) is 23.7 Å². The van der Waals surface area contributed by atoms with Crippen molar-refractivity contribution in [2.24, 2.45) is 5.92 Å². The molecule has 7 heteroatoms. The summed E-state index contributed by atoms with van der Waals surface area (Å²) in [6.45, 7) is 2.88. The van der Waals surface area contributed by atoms with Crippen molar-refractivity contribution in [1.82, 2.24) is 10.4 Å². The van der Waals surface area contributed by atoms with E-state index in [1.807, 2.05) is 43.1 Å². The van der Waals surface area contributed by atoms with Crippen LogP contribution in [-0.4, -0.2) is 36.7 Å². The summed E-state index contributed by atoms with van der Waals surface area (Å²) in [5, 5.41) is 9.24. The topological polar surface area (TPSA) is 61.8 Å². The minimum Gasteiger partial charge on any atom is -0.377 e. The summed E-state index contributed by atoms with van der Waals surface area (Å²) >= 11 is 0. The maximum Gasteiger partial charge on any atom is 0.246 e. The Kier molecular flexibility index (Phi) is 9.48. The predicted molar refractivity (Wildman–Crippen MR) is 132 cm³/mol. The van der Waals surface area contributed by atoms with Gasteiger partial charge < -0.3 is 9.64 Å². The molecular formula is C28H32F2N2O3. The Bertz CT molecular complexity index is 1120. The normalized spacial score (nSPS) is 13.0. The van der Waals surface area contributed by atoms with E-state index in [2.05, 4.69) is 6.07 Å². The molecule has 0 aliphatic rings. The van der Waals surface area contributed by atoms with Gasteiger partial charge in [0.2, 0.25) is 5.91 Å². The van der Waals surface area contributed by atoms with Gasteiger partial charge in [0.1, 0.15) is 11.6 Å². The average Bonchev–Trinajstić information content (AvgIpc) is 2.85. The number of ether oxygens (including phenoxy) is 1. The summed E-state index contributed by atoms with van der Waals surface area (Å²) in [4.78, 5) is 14.3. The first-order valence-corrected chi connectivity index (χ1v) is 11.6. The van der Waals surface area contributed by atoms with Crippen LogP contribution in [0.5, 0.6) is 0 Å². The van der Waals surface area contributed by atoms with E-state index in [-0.39, 0.29) is 11.6 Å². The average molecular weight is 483 g/mol. The number of carbonyl (C=O) groups is 1. The fraction of sp³-hybridized carbons (Fsp3) is 0.321. The summed E-state index contributed by atoms with van der Waals surface area (Å²) < 4.78 is 33.4. The SMILES string of the molecule is CO[C@H](C[C@H](CCN(C)Cc1cc(-c2cccc(C)c2)ccc1F)C(=O)NO)c1ccc(F)cc1. The summed E-state index contributed by atoms with van der Waals surface area (Å²) in [6, 6.07) is 19.1. The zero-order valence-electron chi connectivity index (χ0n) is 20.3. The zero-order valence-corrected chi connectivity index (χ0v) is 20.3. The fourth-order valence-electron chi connectivity index (χ4n) is 4.20. The van der Waals surface area contributed by atoms with Crippen LogP contribution in [0, 0.1) is 24.5 Å². The van der Waals surface area contributed by atoms with Gasteiger partial charge in [-0.1, -0.05) is 48.0 Å². The molecule has 0 aromatic heterocycles. The number of halogens is 2. The van der Waals surface area contributed by atoms with Crippen molar-refractivity contribution in [3.05, 3.63) is 95.1 Å². The Labute approximate surface area is 205 Å². The van der Waals surface area contributed by atoms with E-state index in [4.69, 9.17) is 4.74 Å². The van der Waals surface area contributed by atoms with Gasteiger partial charge in [-0.05, 0) is 74.3 Å². The quantitative estimate of drug-likeness (QED) is 0.273. The van der Waals surface area contributed by atoms with Crippen LogP contribution in [0.1, 0.15) is 35.6 Å². The Morgan fingerprint density at radius 1 is 1.06 bits per heavy atom. The number of carbonyl (C=O) groups excluding carboxylic acids is 1. The second-order valence-corrected chi connectivity index (χ2v) is 8.89. The molecule has 0 spiro atoms. The third-order valence-electron chi connectivity index (χ3n) is 6.20. The lowest BCUT2D eigenvalue weighted by molar-refractivity contribution is -0.135. The first-order chi connectivity index (χ1) is 16.8. The van der Waals surface area contributed by atoms with Crippen LogP contribution < -0.4 is 5.48 Å². The number of hydroxylamine groups is 1. The highest BCUT2D eigenvalue weighted by Crippen LogP contribution is 2.28. The van der Waals surface area contributed by atoms with E-state index in [1.165, 1.54) is 25.3 Å². The smallest absolute Gasteiger partial charge is 0.246 e. The van der Waals surface area contributed by atoms with E-state index < -0.39 is 17.9 Å². The fourth-order valence-corrected chi connectivity index (χ4v) is 4.20. The summed E-state index contributed by atoms with van der Waals surface area (Å²) in [5.74, 6) is -1.71. The van der Waals surface area contributed by atoms with Crippen LogP contribution in [0.25, 0.3) is 11.1 Å². The molecule has 2 atom stereocenters. The lowest BCUT2D eigenvalue weighted by atomic mass is 9.93. The highest BCUT2D eigenvalue weighted by molar-refractivity contribution is 5.77. The lowest BCUT2D eigenvalue weighted by Gasteiger charge is -2.24. The lowest BCUT2D eigenvalue weighted by Crippen LogP contribution is -2.32. The molecule has 0 unspecified atom stereocenters. The standard InChI is InChI=1S/C28H32F2N2O3/c1-19-5-4-6-21(15-19)22-9-12-26(30)24(16-22)18-32(2)14-13-23(28(33)31-34)17-27(35-3)20-7-10-25(29)11-8-20/h4-12,15-16,23,27,34H,13-14,17-18H2,1-3H3,(H,31,33)/t23-,27+/m0/s1. The van der Waals surface area contributed by atoms with Gasteiger partial charge in [-0.15, -0.1) is 0 Å². The molecule has 0 saturated heterocycles. The molecule has 0 bridgehead atoms. The molecule has 3 aromatic rings. The maximum atomic E-state index is 14.6. The number of nitrogens with one attached hydrogen (secondary N) is 1. The van der Waals surface area contributed by atoms with Crippen LogP contribution >= 0.6 is 0 Å². The Hall–Kier alpha value is -3.13. The summed E-state index contributed by atoms with van der Waals surface area (Å²) in [6.07, 6.45) is 0.287. The van der Waals surface area contributed by atoms with E-state index in [0.717, 1.165) is 22.3 Å². The molecule has 186 valence electrons. The second-order valence-electron chi connectivity index (χ2n) is 8.89. The third-order valence-corrected chi connectivity index (χ3v) is 6.20. The van der Waals surface area contributed by atoms with Gasteiger partial charge in [0.25, 0.3) is 0 Å². The van der Waals surface area contributed by atoms with Crippen LogP contribution in [0.3, 0.4) is 0 Å². The van der Waals surface area contributed by atoms with Crippen molar-refractivity contribution in [2.45, 2.75) is 32.4 Å². The van der Waals surface area contributed by atoms with Gasteiger partial charge >= 0.3 is 0 Å². The van der Waals surface area contributed by atoms with Gasteiger partial charge in [-0.3, -0.25) is 10.0 Å². The third kappa shape index (κ3) is 7.42. The van der Waals surface area contributed by atoms with Crippen LogP contribution in [-0.2, 0) is 16.1 Å². The Morgan fingerprint density at radius 2 is 1.77 bits per heavy atom. The number of amides is 1. The van der Waals surface area contributed by atoms with Gasteiger partial charge in [-0.25, -0.2) is 14.3 Å². The Morgan fingerprint density at radius 3 is 2.43 bits per heavy atom. The van der Waals surface area contributed by atoms with Gasteiger partial charge in [0.05, 0.1) is 6.10 Å². The number of hydrogen-bond donors (Lipinski definition) is 2. The molecule has 0 saturated carbocycles. The van der Waals surface area contributed by atoms with E-state index in [9.17, 15) is 18.8 Å². The number of nitrogens with zero attached hydrogens (tertiary/aromatic N) is 1. The molecule has 0 heterocycles. The predicted octanol–water partition coefficient (Wildman–Crippen LogP) is 5.66. The molecule has 1 amide bonds. The van der Waals surface area contributed by atoms with Crippen molar-refractivity contribution in [3.8, 4) is 11.1 Å². The number of methoxy groups -OCH3 is 1. The number of hydrogen-bond acceptors (Lipinski definition) is 4. The van der Waals surface area contributed by atoms with Crippen LogP contribution in [0.2, 0.25) is 0 Å². The minimum absolute atomic E-state index is 0.284. The molecule has 0 aliphatic carbocycles. The molecular weight excluding hydrogens is 450 g/mol. The van der Waals surface area contributed by atoms with Gasteiger partial charge in [-0.2, -0.15) is 0 Å². The molecule has 35 heavy (non-hydrogen) atoms. The molecule has 2 N–H and O–H groups in total. The van der Waals surface area contributed by atoms with Crippen LogP contribution in [0.4, 0.5) is 8.78 Å². The first-order valence-electron chi connectivity index (χ1n) is 11.6. The van der Waals surface area contributed by atoms with Gasteiger partial charge in [0, 0.05) is 25.1 Å².